The summed E-state index contributed by atoms with van der Waals surface area (Å²) < 4.78 is 0. The molecule has 0 saturated heterocycles. The van der Waals surface area contributed by atoms with Crippen molar-refractivity contribution in [2.24, 2.45) is 5.92 Å². The number of aliphatic carboxylic acids is 1. The van der Waals surface area contributed by atoms with Gasteiger partial charge in [-0.15, -0.1) is 0 Å². The van der Waals surface area contributed by atoms with E-state index in [4.69, 9.17) is 5.11 Å². The van der Waals surface area contributed by atoms with Crippen molar-refractivity contribution < 1.29 is 14.7 Å². The van der Waals surface area contributed by atoms with Crippen LogP contribution in [0.5, 0.6) is 0 Å². The Balaban J connectivity index is 1.78. The zero-order chi connectivity index (χ0) is 17.4. The van der Waals surface area contributed by atoms with Gasteiger partial charge < -0.3 is 10.4 Å². The highest BCUT2D eigenvalue weighted by Crippen LogP contribution is 2.31. The van der Waals surface area contributed by atoms with Crippen LogP contribution < -0.4 is 5.32 Å². The average Bonchev–Trinajstić information content (AvgIpc) is 2.97. The molecule has 1 unspecified atom stereocenters. The van der Waals surface area contributed by atoms with Gasteiger partial charge in [0.2, 0.25) is 0 Å². The fraction of sp³-hybridized carbons (Fsp3) is 0.600. The average molecular weight is 331 g/mol. The van der Waals surface area contributed by atoms with Crippen molar-refractivity contribution in [3.63, 3.8) is 0 Å². The lowest BCUT2D eigenvalue weighted by molar-refractivity contribution is -0.135. The van der Waals surface area contributed by atoms with Crippen LogP contribution in [0.4, 0.5) is 0 Å². The fourth-order valence-corrected chi connectivity index (χ4v) is 3.53. The third-order valence-corrected chi connectivity index (χ3v) is 4.85. The second-order valence-corrected chi connectivity index (χ2v) is 6.89. The molecule has 2 N–H and O–H groups in total. The van der Waals surface area contributed by atoms with E-state index in [0.29, 0.717) is 11.5 Å². The van der Waals surface area contributed by atoms with Crippen LogP contribution in [0.2, 0.25) is 0 Å². The molecule has 0 radical (unpaired) electrons. The Hall–Kier alpha value is -1.84. The van der Waals surface area contributed by atoms with Crippen LogP contribution >= 0.6 is 0 Å². The van der Waals surface area contributed by atoms with Crippen molar-refractivity contribution in [2.45, 2.75) is 64.7 Å². The first-order chi connectivity index (χ1) is 11.6. The number of fused-ring (bicyclic) bond motifs is 1. The zero-order valence-corrected chi connectivity index (χ0v) is 14.6. The number of hydrogen-bond acceptors (Lipinski definition) is 2. The predicted molar refractivity (Wildman–Crippen MR) is 95.3 cm³/mol. The lowest BCUT2D eigenvalue weighted by Crippen LogP contribution is -2.29. The maximum atomic E-state index is 12.0. The molecule has 0 bridgehead atoms. The second kappa shape index (κ2) is 9.45. The highest BCUT2D eigenvalue weighted by molar-refractivity contribution is 5.96. The topological polar surface area (TPSA) is 66.4 Å². The third kappa shape index (κ3) is 5.66. The second-order valence-electron chi connectivity index (χ2n) is 6.89. The minimum atomic E-state index is -1.02. The Labute approximate surface area is 144 Å². The quantitative estimate of drug-likeness (QED) is 0.638. The summed E-state index contributed by atoms with van der Waals surface area (Å²) in [7, 11) is 0. The number of rotatable bonds is 10. The Kier molecular flexibility index (Phi) is 7.29. The summed E-state index contributed by atoms with van der Waals surface area (Å²) in [6.07, 6.45) is 11.4. The van der Waals surface area contributed by atoms with Gasteiger partial charge in [0, 0.05) is 5.56 Å². The number of unbranched alkanes of at least 4 members (excludes halogenated alkanes) is 5. The molecule has 4 nitrogen and oxygen atoms in total. The molecule has 0 saturated carbocycles. The van der Waals surface area contributed by atoms with Crippen molar-refractivity contribution >= 4 is 11.9 Å². The van der Waals surface area contributed by atoms with Gasteiger partial charge in [0.05, 0.1) is 0 Å². The summed E-state index contributed by atoms with van der Waals surface area (Å²) in [5.74, 6) is -0.633. The van der Waals surface area contributed by atoms with E-state index >= 15 is 0 Å². The van der Waals surface area contributed by atoms with E-state index in [1.165, 1.54) is 56.1 Å². The van der Waals surface area contributed by atoms with Crippen molar-refractivity contribution in [3.05, 3.63) is 34.9 Å². The lowest BCUT2D eigenvalue weighted by Gasteiger charge is -2.08. The van der Waals surface area contributed by atoms with Crippen molar-refractivity contribution in [2.75, 3.05) is 6.54 Å². The molecule has 1 aliphatic carbocycles. The molecule has 24 heavy (non-hydrogen) atoms. The van der Waals surface area contributed by atoms with Gasteiger partial charge in [-0.1, -0.05) is 51.5 Å². The predicted octanol–water partition coefficient (Wildman–Crippen LogP) is 3.97. The fourth-order valence-electron chi connectivity index (χ4n) is 3.53. The summed E-state index contributed by atoms with van der Waals surface area (Å²) in [4.78, 5) is 22.5. The normalized spacial score (nSPS) is 16.0. The van der Waals surface area contributed by atoms with E-state index < -0.39 is 5.97 Å². The van der Waals surface area contributed by atoms with Gasteiger partial charge >= 0.3 is 5.97 Å². The van der Waals surface area contributed by atoms with Gasteiger partial charge in [0.15, 0.2) is 0 Å². The Morgan fingerprint density at radius 1 is 1.08 bits per heavy atom. The molecule has 1 atom stereocenters. The van der Waals surface area contributed by atoms with E-state index in [9.17, 15) is 9.59 Å². The number of carboxylic acid groups (broad SMARTS) is 1. The molecule has 4 heteroatoms. The van der Waals surface area contributed by atoms with Gasteiger partial charge in [0.25, 0.3) is 5.91 Å². The van der Waals surface area contributed by atoms with E-state index in [1.54, 1.807) is 0 Å². The first-order valence-electron chi connectivity index (χ1n) is 9.22. The smallest absolute Gasteiger partial charge is 0.322 e. The van der Waals surface area contributed by atoms with Gasteiger partial charge in [-0.05, 0) is 48.4 Å². The summed E-state index contributed by atoms with van der Waals surface area (Å²) in [6, 6.07) is 5.78. The summed E-state index contributed by atoms with van der Waals surface area (Å²) >= 11 is 0. The monoisotopic (exact) mass is 331 g/mol. The van der Waals surface area contributed by atoms with Crippen LogP contribution in [0.25, 0.3) is 0 Å². The number of carbonyl (C=O) groups is 2. The largest absolute Gasteiger partial charge is 0.480 e. The first kappa shape index (κ1) is 18.5. The Morgan fingerprint density at radius 2 is 1.79 bits per heavy atom. The zero-order valence-electron chi connectivity index (χ0n) is 14.6. The van der Waals surface area contributed by atoms with E-state index in [1.807, 2.05) is 18.2 Å². The highest BCUT2D eigenvalue weighted by atomic mass is 16.4. The van der Waals surface area contributed by atoms with Crippen LogP contribution in [0.15, 0.2) is 18.2 Å². The van der Waals surface area contributed by atoms with Crippen LogP contribution in [0.1, 0.15) is 73.4 Å². The van der Waals surface area contributed by atoms with Crippen molar-refractivity contribution in [1.82, 2.24) is 5.32 Å². The molecular formula is C20H29NO3. The van der Waals surface area contributed by atoms with Crippen LogP contribution in [0, 0.1) is 5.92 Å². The summed E-state index contributed by atoms with van der Waals surface area (Å²) in [5, 5.41) is 11.1. The van der Waals surface area contributed by atoms with Crippen molar-refractivity contribution in [3.8, 4) is 0 Å². The number of hydrogen-bond donors (Lipinski definition) is 2. The molecule has 132 valence electrons. The summed E-state index contributed by atoms with van der Waals surface area (Å²) in [6.45, 7) is 1.91. The van der Waals surface area contributed by atoms with Crippen molar-refractivity contribution in [1.29, 1.82) is 0 Å². The molecule has 0 spiro atoms. The first-order valence-corrected chi connectivity index (χ1v) is 9.22. The van der Waals surface area contributed by atoms with E-state index in [2.05, 4.69) is 12.2 Å². The lowest BCUT2D eigenvalue weighted by atomic mass is 9.97. The van der Waals surface area contributed by atoms with Crippen LogP contribution in [0.3, 0.4) is 0 Å². The molecule has 0 heterocycles. The number of benzene rings is 1. The molecule has 1 aromatic rings. The van der Waals surface area contributed by atoms with Gasteiger partial charge in [-0.25, -0.2) is 0 Å². The van der Waals surface area contributed by atoms with Crippen LogP contribution in [-0.2, 0) is 17.6 Å². The molecule has 0 aliphatic heterocycles. The van der Waals surface area contributed by atoms with Gasteiger partial charge in [-0.2, -0.15) is 0 Å². The molecule has 1 amide bonds. The van der Waals surface area contributed by atoms with Crippen LogP contribution in [-0.4, -0.2) is 23.5 Å². The third-order valence-electron chi connectivity index (χ3n) is 4.85. The maximum Gasteiger partial charge on any atom is 0.322 e. The summed E-state index contributed by atoms with van der Waals surface area (Å²) in [5.41, 5.74) is 3.17. The standard InChI is InChI=1S/C20H29NO3/c1-2-3-4-5-6-7-8-15-11-16-9-10-17(13-18(16)12-15)20(24)21-14-19(22)23/h9-10,13,15H,2-8,11-12,14H2,1H3,(H,21,24)(H,22,23). The molecule has 0 aromatic heterocycles. The molecular weight excluding hydrogens is 302 g/mol. The minimum Gasteiger partial charge on any atom is -0.480 e. The molecule has 1 aliphatic rings. The van der Waals surface area contributed by atoms with Gasteiger partial charge in [0.1, 0.15) is 6.54 Å². The SMILES string of the molecule is CCCCCCCCC1Cc2ccc(C(=O)NCC(=O)O)cc2C1. The Bertz CT molecular complexity index is 568. The van der Waals surface area contributed by atoms with E-state index in [0.717, 1.165) is 12.8 Å². The molecule has 0 fully saturated rings. The molecule has 1 aromatic carbocycles. The Morgan fingerprint density at radius 3 is 2.54 bits per heavy atom. The van der Waals surface area contributed by atoms with E-state index in [-0.39, 0.29) is 12.5 Å². The number of carboxylic acids is 1. The number of amides is 1. The number of carbonyl (C=O) groups excluding carboxylic acids is 1. The highest BCUT2D eigenvalue weighted by Gasteiger charge is 2.22. The maximum absolute atomic E-state index is 12.0. The molecule has 2 rings (SSSR count). The van der Waals surface area contributed by atoms with Gasteiger partial charge in [-0.3, -0.25) is 9.59 Å². The number of nitrogens with one attached hydrogen (secondary N) is 1. The minimum absolute atomic E-state index is 0.306.